The van der Waals surface area contributed by atoms with E-state index in [1.54, 1.807) is 12.1 Å². The van der Waals surface area contributed by atoms with Gasteiger partial charge < -0.3 is 14.6 Å². The molecule has 0 radical (unpaired) electrons. The molecule has 0 spiro atoms. The van der Waals surface area contributed by atoms with Crippen LogP contribution >= 0.6 is 11.6 Å². The molecule has 9 heteroatoms. The van der Waals surface area contributed by atoms with E-state index in [-0.39, 0.29) is 17.7 Å². The van der Waals surface area contributed by atoms with E-state index in [1.165, 1.54) is 11.4 Å². The molecule has 29 heavy (non-hydrogen) atoms. The number of nitrogens with one attached hydrogen (secondary N) is 1. The predicted molar refractivity (Wildman–Crippen MR) is 113 cm³/mol. The number of ether oxygens (including phenoxy) is 1. The summed E-state index contributed by atoms with van der Waals surface area (Å²) in [4.78, 5) is 12.8. The third-order valence-electron chi connectivity index (χ3n) is 5.04. The first-order valence-corrected chi connectivity index (χ1v) is 11.6. The lowest BCUT2D eigenvalue weighted by molar-refractivity contribution is 0.0921. The van der Waals surface area contributed by atoms with Crippen LogP contribution in [0, 0.1) is 0 Å². The molecule has 2 aromatic rings. The van der Waals surface area contributed by atoms with Gasteiger partial charge in [-0.15, -0.1) is 0 Å². The molecule has 158 valence electrons. The quantitative estimate of drug-likeness (QED) is 0.718. The van der Waals surface area contributed by atoms with Crippen molar-refractivity contribution >= 4 is 27.5 Å². The number of piperidine rings is 1. The topological polar surface area (TPSA) is 80.6 Å². The molecular formula is C20H26ClN3O4S. The van der Waals surface area contributed by atoms with Gasteiger partial charge in [0, 0.05) is 37.6 Å². The summed E-state index contributed by atoms with van der Waals surface area (Å²) >= 11 is 6.41. The van der Waals surface area contributed by atoms with E-state index >= 15 is 0 Å². The number of amides is 1. The lowest BCUT2D eigenvalue weighted by Gasteiger charge is -2.31. The molecular weight excluding hydrogens is 414 g/mol. The lowest BCUT2D eigenvalue weighted by atomic mass is 10.1. The summed E-state index contributed by atoms with van der Waals surface area (Å²) in [6.45, 7) is 2.68. The number of rotatable bonds is 7. The highest BCUT2D eigenvalue weighted by atomic mass is 35.5. The average Bonchev–Trinajstić information content (AvgIpc) is 3.22. The van der Waals surface area contributed by atoms with Crippen molar-refractivity contribution in [1.29, 1.82) is 0 Å². The van der Waals surface area contributed by atoms with Gasteiger partial charge in [-0.1, -0.05) is 18.5 Å². The minimum Gasteiger partial charge on any atom is -0.496 e. The van der Waals surface area contributed by atoms with Crippen LogP contribution in [0.5, 0.6) is 5.75 Å². The maximum Gasteiger partial charge on any atom is 0.255 e. The number of hydrogen-bond acceptors (Lipinski definition) is 4. The molecule has 2 heterocycles. The van der Waals surface area contributed by atoms with E-state index < -0.39 is 10.0 Å². The van der Waals surface area contributed by atoms with Crippen molar-refractivity contribution in [2.24, 2.45) is 0 Å². The molecule has 1 aliphatic heterocycles. The second kappa shape index (κ2) is 9.19. The van der Waals surface area contributed by atoms with Crippen molar-refractivity contribution in [3.8, 4) is 11.4 Å². The van der Waals surface area contributed by atoms with Gasteiger partial charge in [-0.25, -0.2) is 12.7 Å². The van der Waals surface area contributed by atoms with Gasteiger partial charge in [0.2, 0.25) is 10.0 Å². The number of methoxy groups -OCH3 is 1. The minimum absolute atomic E-state index is 0.0943. The first kappa shape index (κ1) is 21.7. The number of sulfonamides is 1. The van der Waals surface area contributed by atoms with E-state index in [0.29, 0.717) is 48.7 Å². The summed E-state index contributed by atoms with van der Waals surface area (Å²) in [5, 5.41) is 3.43. The Balaban J connectivity index is 1.69. The Morgan fingerprint density at radius 2 is 1.90 bits per heavy atom. The summed E-state index contributed by atoms with van der Waals surface area (Å²) in [6, 6.07) is 7.01. The van der Waals surface area contributed by atoms with Gasteiger partial charge in [0.1, 0.15) is 5.75 Å². The van der Waals surface area contributed by atoms with Crippen molar-refractivity contribution in [3.63, 3.8) is 0 Å². The van der Waals surface area contributed by atoms with Gasteiger partial charge in [0.05, 0.1) is 29.1 Å². The monoisotopic (exact) mass is 439 g/mol. The number of halogens is 1. The number of hydrogen-bond donors (Lipinski definition) is 1. The number of benzene rings is 1. The van der Waals surface area contributed by atoms with E-state index in [0.717, 1.165) is 5.69 Å². The SMILES string of the molecule is CCCS(=O)(=O)N1CCC(NC(=O)c2cc(Cl)c(-n3cccc3)cc2OC)CC1. The molecule has 0 bridgehead atoms. The number of carbonyl (C=O) groups is 1. The van der Waals surface area contributed by atoms with Crippen LogP contribution in [0.1, 0.15) is 36.5 Å². The fraction of sp³-hybridized carbons (Fsp3) is 0.450. The summed E-state index contributed by atoms with van der Waals surface area (Å²) < 4.78 is 33.2. The maximum atomic E-state index is 12.8. The van der Waals surface area contributed by atoms with Crippen molar-refractivity contribution in [2.75, 3.05) is 26.0 Å². The van der Waals surface area contributed by atoms with Gasteiger partial charge in [0.15, 0.2) is 0 Å². The van der Waals surface area contributed by atoms with Crippen LogP contribution in [0.4, 0.5) is 0 Å². The van der Waals surface area contributed by atoms with Crippen LogP contribution < -0.4 is 10.1 Å². The molecule has 0 aliphatic carbocycles. The summed E-state index contributed by atoms with van der Waals surface area (Å²) in [5.74, 6) is 0.309. The molecule has 3 rings (SSSR count). The van der Waals surface area contributed by atoms with Crippen LogP contribution in [0.25, 0.3) is 5.69 Å². The van der Waals surface area contributed by atoms with Gasteiger partial charge in [-0.05, 0) is 37.5 Å². The second-order valence-corrected chi connectivity index (χ2v) is 9.55. The van der Waals surface area contributed by atoms with Crippen LogP contribution in [-0.2, 0) is 10.0 Å². The molecule has 0 saturated carbocycles. The zero-order chi connectivity index (χ0) is 21.0. The number of nitrogens with zero attached hydrogens (tertiary/aromatic N) is 2. The molecule has 0 atom stereocenters. The molecule has 1 aliphatic rings. The standard InChI is InChI=1S/C20H26ClN3O4S/c1-3-12-29(26,27)24-10-6-15(7-11-24)22-20(25)16-13-17(21)18(14-19(16)28-2)23-8-4-5-9-23/h4-5,8-9,13-15H,3,6-7,10-12H2,1-2H3,(H,22,25). The van der Waals surface area contributed by atoms with Crippen LogP contribution in [0.2, 0.25) is 5.02 Å². The Kier molecular flexibility index (Phi) is 6.87. The van der Waals surface area contributed by atoms with Gasteiger partial charge in [-0.3, -0.25) is 4.79 Å². The van der Waals surface area contributed by atoms with Crippen molar-refractivity contribution in [2.45, 2.75) is 32.2 Å². The third-order valence-corrected chi connectivity index (χ3v) is 7.42. The zero-order valence-electron chi connectivity index (χ0n) is 16.6. The summed E-state index contributed by atoms with van der Waals surface area (Å²) in [7, 11) is -1.69. The second-order valence-electron chi connectivity index (χ2n) is 7.06. The number of aromatic nitrogens is 1. The Morgan fingerprint density at radius 3 is 2.48 bits per heavy atom. The first-order chi connectivity index (χ1) is 13.9. The first-order valence-electron chi connectivity index (χ1n) is 9.65. The van der Waals surface area contributed by atoms with Crippen molar-refractivity contribution in [3.05, 3.63) is 47.2 Å². The van der Waals surface area contributed by atoms with Crippen LogP contribution in [0.3, 0.4) is 0 Å². The Hall–Kier alpha value is -2.03. The molecule has 1 aromatic heterocycles. The average molecular weight is 440 g/mol. The molecule has 7 nitrogen and oxygen atoms in total. The zero-order valence-corrected chi connectivity index (χ0v) is 18.2. The molecule has 1 N–H and O–H groups in total. The van der Waals surface area contributed by atoms with E-state index in [1.807, 2.05) is 36.0 Å². The largest absolute Gasteiger partial charge is 0.496 e. The molecule has 1 aromatic carbocycles. The fourth-order valence-electron chi connectivity index (χ4n) is 3.51. The molecule has 1 saturated heterocycles. The highest BCUT2D eigenvalue weighted by molar-refractivity contribution is 7.89. The van der Waals surface area contributed by atoms with E-state index in [2.05, 4.69) is 5.32 Å². The lowest BCUT2D eigenvalue weighted by Crippen LogP contribution is -2.47. The molecule has 0 unspecified atom stereocenters. The smallest absolute Gasteiger partial charge is 0.255 e. The van der Waals surface area contributed by atoms with Crippen molar-refractivity contribution in [1.82, 2.24) is 14.2 Å². The summed E-state index contributed by atoms with van der Waals surface area (Å²) in [5.41, 5.74) is 1.08. The highest BCUT2D eigenvalue weighted by Crippen LogP contribution is 2.30. The minimum atomic E-state index is -3.20. The molecule has 1 amide bonds. The summed E-state index contributed by atoms with van der Waals surface area (Å²) in [6.07, 6.45) is 5.47. The highest BCUT2D eigenvalue weighted by Gasteiger charge is 2.28. The number of carbonyl (C=O) groups excluding carboxylic acids is 1. The van der Waals surface area contributed by atoms with E-state index in [9.17, 15) is 13.2 Å². The third kappa shape index (κ3) is 4.94. The fourth-order valence-corrected chi connectivity index (χ4v) is 5.31. The van der Waals surface area contributed by atoms with Gasteiger partial charge in [-0.2, -0.15) is 0 Å². The van der Waals surface area contributed by atoms with Crippen molar-refractivity contribution < 1.29 is 17.9 Å². The Labute approximate surface area is 176 Å². The van der Waals surface area contributed by atoms with Crippen LogP contribution in [0.15, 0.2) is 36.7 Å². The Bertz CT molecular complexity index is 952. The predicted octanol–water partition coefficient (Wildman–Crippen LogP) is 3.07. The van der Waals surface area contributed by atoms with Crippen LogP contribution in [-0.4, -0.2) is 55.2 Å². The Morgan fingerprint density at radius 1 is 1.24 bits per heavy atom. The maximum absolute atomic E-state index is 12.8. The van der Waals surface area contributed by atoms with Gasteiger partial charge >= 0.3 is 0 Å². The normalized spacial score (nSPS) is 16.0. The van der Waals surface area contributed by atoms with E-state index in [4.69, 9.17) is 16.3 Å². The molecule has 1 fully saturated rings. The van der Waals surface area contributed by atoms with Gasteiger partial charge in [0.25, 0.3) is 5.91 Å².